The van der Waals surface area contributed by atoms with Gasteiger partial charge in [-0.15, -0.1) is 0 Å². The number of ketones is 1. The van der Waals surface area contributed by atoms with E-state index >= 15 is 0 Å². The van der Waals surface area contributed by atoms with Crippen LogP contribution in [-0.4, -0.2) is 28.1 Å². The highest BCUT2D eigenvalue weighted by molar-refractivity contribution is 5.98. The summed E-state index contributed by atoms with van der Waals surface area (Å²) in [4.78, 5) is 18.1. The van der Waals surface area contributed by atoms with Gasteiger partial charge in [-0.2, -0.15) is 0 Å². The summed E-state index contributed by atoms with van der Waals surface area (Å²) < 4.78 is 2.03. The molecule has 80 valence electrons. The number of hydrogen-bond donors (Lipinski definition) is 0. The normalized spacial score (nSPS) is 13.6. The standard InChI is InChI=1S/C6H10N2.C5H5NO/c1-3-6-7-4-5-8(6)2;7-5-2-1-3-6-4-5/h4-5H,3H2,1-2H3;1-3H,4H2. The fraction of sp³-hybridized carbons (Fsp3) is 0.364. The third-order valence-corrected chi connectivity index (χ3v) is 1.96. The number of aliphatic imine (C=N–C) groups is 1. The zero-order valence-electron chi connectivity index (χ0n) is 9.05. The molecule has 4 nitrogen and oxygen atoms in total. The van der Waals surface area contributed by atoms with Gasteiger partial charge in [-0.3, -0.25) is 9.79 Å². The van der Waals surface area contributed by atoms with Gasteiger partial charge >= 0.3 is 0 Å². The summed E-state index contributed by atoms with van der Waals surface area (Å²) in [6.45, 7) is 2.43. The highest BCUT2D eigenvalue weighted by Gasteiger charge is 1.93. The van der Waals surface area contributed by atoms with Gasteiger partial charge in [0.15, 0.2) is 5.78 Å². The Morgan fingerprint density at radius 2 is 2.33 bits per heavy atom. The van der Waals surface area contributed by atoms with Crippen LogP contribution in [0.15, 0.2) is 29.5 Å². The van der Waals surface area contributed by atoms with E-state index in [1.54, 1.807) is 12.3 Å². The number of aryl methyl sites for hydroxylation is 2. The summed E-state index contributed by atoms with van der Waals surface area (Å²) in [6, 6.07) is 0. The highest BCUT2D eigenvalue weighted by atomic mass is 16.1. The average molecular weight is 205 g/mol. The average Bonchev–Trinajstić information content (AvgIpc) is 2.66. The quantitative estimate of drug-likeness (QED) is 0.691. The van der Waals surface area contributed by atoms with Crippen LogP contribution in [0, 0.1) is 0 Å². The largest absolute Gasteiger partial charge is 0.338 e. The molecule has 2 heterocycles. The van der Waals surface area contributed by atoms with Crippen molar-refractivity contribution in [3.63, 3.8) is 0 Å². The predicted molar refractivity (Wildman–Crippen MR) is 60.1 cm³/mol. The van der Waals surface area contributed by atoms with E-state index < -0.39 is 0 Å². The minimum Gasteiger partial charge on any atom is -0.338 e. The molecule has 2 rings (SSSR count). The van der Waals surface area contributed by atoms with Crippen LogP contribution in [0.5, 0.6) is 0 Å². The first-order valence-electron chi connectivity index (χ1n) is 4.89. The molecule has 0 atom stereocenters. The lowest BCUT2D eigenvalue weighted by molar-refractivity contribution is -0.113. The molecule has 0 aromatic carbocycles. The Bertz CT molecular complexity index is 377. The van der Waals surface area contributed by atoms with Crippen LogP contribution in [0.25, 0.3) is 0 Å². The Morgan fingerprint density at radius 3 is 2.60 bits per heavy atom. The number of hydrogen-bond acceptors (Lipinski definition) is 3. The first-order valence-corrected chi connectivity index (χ1v) is 4.89. The zero-order valence-corrected chi connectivity index (χ0v) is 9.05. The molecular formula is C11H15N3O. The molecule has 1 aliphatic rings. The number of aromatic nitrogens is 2. The Labute approximate surface area is 89.4 Å². The minimum atomic E-state index is 0.0856. The minimum absolute atomic E-state index is 0.0856. The lowest BCUT2D eigenvalue weighted by Gasteiger charge is -1.92. The monoisotopic (exact) mass is 205 g/mol. The van der Waals surface area contributed by atoms with Crippen LogP contribution in [0.1, 0.15) is 12.7 Å². The molecule has 1 aliphatic heterocycles. The molecule has 0 unspecified atom stereocenters. The third kappa shape index (κ3) is 3.89. The van der Waals surface area contributed by atoms with Crippen LogP contribution in [0.2, 0.25) is 0 Å². The summed E-state index contributed by atoms with van der Waals surface area (Å²) >= 11 is 0. The molecule has 0 saturated carbocycles. The summed E-state index contributed by atoms with van der Waals surface area (Å²) in [7, 11) is 2.01. The lowest BCUT2D eigenvalue weighted by atomic mass is 10.3. The number of carbonyl (C=O) groups excluding carboxylic acids is 1. The van der Waals surface area contributed by atoms with Crippen molar-refractivity contribution in [3.8, 4) is 0 Å². The van der Waals surface area contributed by atoms with Gasteiger partial charge in [-0.1, -0.05) is 6.92 Å². The Hall–Kier alpha value is -1.71. The molecular weight excluding hydrogens is 190 g/mol. The van der Waals surface area contributed by atoms with Gasteiger partial charge in [0, 0.05) is 32.1 Å². The van der Waals surface area contributed by atoms with E-state index in [0.717, 1.165) is 12.2 Å². The van der Waals surface area contributed by atoms with Crippen LogP contribution in [-0.2, 0) is 18.3 Å². The van der Waals surface area contributed by atoms with Gasteiger partial charge in [0.05, 0.1) is 0 Å². The van der Waals surface area contributed by atoms with Crippen molar-refractivity contribution in [2.75, 3.05) is 6.54 Å². The summed E-state index contributed by atoms with van der Waals surface area (Å²) in [5.74, 6) is 1.23. The maximum Gasteiger partial charge on any atom is 0.177 e. The maximum atomic E-state index is 10.3. The topological polar surface area (TPSA) is 47.2 Å². The molecule has 0 N–H and O–H groups in total. The second-order valence-corrected chi connectivity index (χ2v) is 3.12. The van der Waals surface area contributed by atoms with Crippen molar-refractivity contribution >= 4 is 12.0 Å². The second kappa shape index (κ2) is 5.90. The molecule has 0 aliphatic carbocycles. The van der Waals surface area contributed by atoms with Gasteiger partial charge < -0.3 is 4.57 Å². The van der Waals surface area contributed by atoms with Crippen molar-refractivity contribution in [1.82, 2.24) is 9.55 Å². The van der Waals surface area contributed by atoms with Crippen LogP contribution < -0.4 is 0 Å². The van der Waals surface area contributed by atoms with Gasteiger partial charge in [-0.25, -0.2) is 4.98 Å². The number of nitrogens with zero attached hydrogens (tertiary/aromatic N) is 3. The van der Waals surface area contributed by atoms with Gasteiger partial charge in [0.1, 0.15) is 12.4 Å². The van der Waals surface area contributed by atoms with Crippen molar-refractivity contribution in [3.05, 3.63) is 30.4 Å². The van der Waals surface area contributed by atoms with E-state index in [1.807, 2.05) is 24.0 Å². The molecule has 0 spiro atoms. The molecule has 0 amide bonds. The third-order valence-electron chi connectivity index (χ3n) is 1.96. The molecule has 0 radical (unpaired) electrons. The molecule has 0 saturated heterocycles. The highest BCUT2D eigenvalue weighted by Crippen LogP contribution is 1.92. The van der Waals surface area contributed by atoms with Gasteiger partial charge in [0.25, 0.3) is 0 Å². The Morgan fingerprint density at radius 1 is 1.53 bits per heavy atom. The number of dihydropyridines is 1. The van der Waals surface area contributed by atoms with Crippen LogP contribution >= 0.6 is 0 Å². The number of carbonyl (C=O) groups is 1. The molecule has 4 heteroatoms. The zero-order chi connectivity index (χ0) is 11.1. The Kier molecular flexibility index (Phi) is 4.47. The maximum absolute atomic E-state index is 10.3. The molecule has 0 bridgehead atoms. The number of allylic oxidation sites excluding steroid dienone is 1. The molecule has 1 aromatic rings. The summed E-state index contributed by atoms with van der Waals surface area (Å²) in [5.41, 5.74) is 0. The fourth-order valence-corrected chi connectivity index (χ4v) is 1.14. The van der Waals surface area contributed by atoms with E-state index in [2.05, 4.69) is 16.9 Å². The van der Waals surface area contributed by atoms with Crippen LogP contribution in [0.3, 0.4) is 0 Å². The second-order valence-electron chi connectivity index (χ2n) is 3.12. The SMILES string of the molecule is CCc1nccn1C.O=C1C=CC=NC1. The van der Waals surface area contributed by atoms with E-state index in [1.165, 1.54) is 6.08 Å². The van der Waals surface area contributed by atoms with Crippen molar-refractivity contribution in [2.24, 2.45) is 12.0 Å². The van der Waals surface area contributed by atoms with Crippen molar-refractivity contribution in [1.29, 1.82) is 0 Å². The van der Waals surface area contributed by atoms with Gasteiger partial charge in [0.2, 0.25) is 0 Å². The fourth-order valence-electron chi connectivity index (χ4n) is 1.14. The van der Waals surface area contributed by atoms with E-state index in [0.29, 0.717) is 6.54 Å². The predicted octanol–water partition coefficient (Wildman–Crippen LogP) is 1.18. The van der Waals surface area contributed by atoms with Crippen molar-refractivity contribution < 1.29 is 4.79 Å². The summed E-state index contributed by atoms with van der Waals surface area (Å²) in [5, 5.41) is 0. The Balaban J connectivity index is 0.000000151. The number of imidazole rings is 1. The first kappa shape index (κ1) is 11.4. The van der Waals surface area contributed by atoms with E-state index in [4.69, 9.17) is 0 Å². The van der Waals surface area contributed by atoms with E-state index in [-0.39, 0.29) is 5.78 Å². The van der Waals surface area contributed by atoms with Crippen molar-refractivity contribution in [2.45, 2.75) is 13.3 Å². The number of rotatable bonds is 1. The van der Waals surface area contributed by atoms with Gasteiger partial charge in [-0.05, 0) is 12.2 Å². The van der Waals surface area contributed by atoms with E-state index in [9.17, 15) is 4.79 Å². The summed E-state index contributed by atoms with van der Waals surface area (Å²) in [6.07, 6.45) is 9.58. The molecule has 1 aromatic heterocycles. The smallest absolute Gasteiger partial charge is 0.177 e. The lowest BCUT2D eigenvalue weighted by Crippen LogP contribution is -2.00. The molecule has 0 fully saturated rings. The molecule has 15 heavy (non-hydrogen) atoms. The van der Waals surface area contributed by atoms with Crippen LogP contribution in [0.4, 0.5) is 0 Å². The first-order chi connectivity index (χ1) is 7.24.